The largest absolute Gasteiger partial charge is 0.366 e. The normalized spacial score (nSPS) is 29.2. The fourth-order valence-electron chi connectivity index (χ4n) is 4.69. The Balaban J connectivity index is 1.90. The topological polar surface area (TPSA) is 63.4 Å². The van der Waals surface area contributed by atoms with Crippen molar-refractivity contribution in [3.8, 4) is 0 Å². The van der Waals surface area contributed by atoms with Crippen LogP contribution in [0, 0.1) is 11.8 Å². The summed E-state index contributed by atoms with van der Waals surface area (Å²) in [4.78, 5) is 27.5. The number of hydrogen-bond donors (Lipinski definition) is 1. The number of amides is 2. The van der Waals surface area contributed by atoms with Gasteiger partial charge in [0.1, 0.15) is 0 Å². The summed E-state index contributed by atoms with van der Waals surface area (Å²) in [6, 6.07) is 7.60. The molecule has 2 saturated carbocycles. The van der Waals surface area contributed by atoms with Crippen molar-refractivity contribution in [3.05, 3.63) is 35.4 Å². The smallest absolute Gasteiger partial charge is 0.255 e. The highest BCUT2D eigenvalue weighted by Crippen LogP contribution is 2.35. The Labute approximate surface area is 157 Å². The lowest BCUT2D eigenvalue weighted by molar-refractivity contribution is 0.0393. The zero-order valence-corrected chi connectivity index (χ0v) is 16.1. The summed E-state index contributed by atoms with van der Waals surface area (Å²) in [5.74, 6) is 0.960. The lowest BCUT2D eigenvalue weighted by Crippen LogP contribution is -2.50. The molecule has 0 aliphatic heterocycles. The Morgan fingerprint density at radius 3 is 1.65 bits per heavy atom. The molecule has 0 aromatic heterocycles. The fraction of sp³-hybridized carbons (Fsp3) is 0.636. The first-order valence-corrected chi connectivity index (χ1v) is 10.2. The molecule has 2 aliphatic rings. The third kappa shape index (κ3) is 4.11. The molecule has 2 amide bonds. The Morgan fingerprint density at radius 1 is 0.808 bits per heavy atom. The van der Waals surface area contributed by atoms with Gasteiger partial charge in [-0.15, -0.1) is 0 Å². The molecular weight excluding hydrogens is 324 g/mol. The second kappa shape index (κ2) is 8.24. The minimum absolute atomic E-state index is 0.00138. The van der Waals surface area contributed by atoms with Crippen LogP contribution in [-0.4, -0.2) is 28.8 Å². The number of nitrogens with two attached hydrogens (primary N) is 1. The number of primary amides is 1. The van der Waals surface area contributed by atoms with Gasteiger partial charge in [0, 0.05) is 12.1 Å². The summed E-state index contributed by atoms with van der Waals surface area (Å²) in [5, 5.41) is 0. The molecule has 0 unspecified atom stereocenters. The Kier molecular flexibility index (Phi) is 6.00. The third-order valence-corrected chi connectivity index (χ3v) is 6.41. The average molecular weight is 357 g/mol. The van der Waals surface area contributed by atoms with Crippen molar-refractivity contribution in [2.24, 2.45) is 17.6 Å². The molecule has 4 heteroatoms. The number of carbonyl (C=O) groups excluding carboxylic acids is 2. The van der Waals surface area contributed by atoms with Crippen molar-refractivity contribution in [2.45, 2.75) is 77.3 Å². The van der Waals surface area contributed by atoms with Crippen molar-refractivity contribution in [1.82, 2.24) is 4.90 Å². The average Bonchev–Trinajstić information content (AvgIpc) is 2.65. The van der Waals surface area contributed by atoms with Crippen LogP contribution in [0.1, 0.15) is 85.9 Å². The molecule has 3 rings (SSSR count). The maximum Gasteiger partial charge on any atom is 0.255 e. The lowest BCUT2D eigenvalue weighted by Gasteiger charge is -2.43. The number of nitrogens with zero attached hydrogens (tertiary/aromatic N) is 1. The third-order valence-electron chi connectivity index (χ3n) is 6.41. The van der Waals surface area contributed by atoms with Gasteiger partial charge in [0.25, 0.3) is 5.91 Å². The zero-order chi connectivity index (χ0) is 18.7. The molecule has 0 atom stereocenters. The Morgan fingerprint density at radius 2 is 1.23 bits per heavy atom. The van der Waals surface area contributed by atoms with Crippen LogP contribution in [0.3, 0.4) is 0 Å². The molecule has 0 saturated heterocycles. The van der Waals surface area contributed by atoms with Crippen LogP contribution in [0.2, 0.25) is 0 Å². The van der Waals surface area contributed by atoms with E-state index >= 15 is 0 Å². The van der Waals surface area contributed by atoms with Crippen molar-refractivity contribution in [3.63, 3.8) is 0 Å². The summed E-state index contributed by atoms with van der Waals surface area (Å²) < 4.78 is 0. The number of rotatable bonds is 4. The molecule has 26 heavy (non-hydrogen) atoms. The second-order valence-electron chi connectivity index (χ2n) is 8.45. The highest BCUT2D eigenvalue weighted by Gasteiger charge is 2.35. The van der Waals surface area contributed by atoms with Gasteiger partial charge in [-0.25, -0.2) is 0 Å². The monoisotopic (exact) mass is 356 g/mol. The summed E-state index contributed by atoms with van der Waals surface area (Å²) in [6.07, 6.45) is 8.97. The van der Waals surface area contributed by atoms with Gasteiger partial charge in [-0.2, -0.15) is 0 Å². The second-order valence-corrected chi connectivity index (χ2v) is 8.45. The van der Waals surface area contributed by atoms with Gasteiger partial charge in [0.05, 0.1) is 11.1 Å². The van der Waals surface area contributed by atoms with Gasteiger partial charge < -0.3 is 10.6 Å². The van der Waals surface area contributed by atoms with Crippen LogP contribution in [0.5, 0.6) is 0 Å². The van der Waals surface area contributed by atoms with Crippen LogP contribution < -0.4 is 5.73 Å². The van der Waals surface area contributed by atoms with Crippen LogP contribution in [0.15, 0.2) is 24.3 Å². The summed E-state index contributed by atoms with van der Waals surface area (Å²) in [6.45, 7) is 4.60. The number of benzene rings is 1. The molecule has 0 bridgehead atoms. The van der Waals surface area contributed by atoms with Gasteiger partial charge in [0.15, 0.2) is 0 Å². The predicted octanol–water partition coefficient (Wildman–Crippen LogP) is 4.39. The first kappa shape index (κ1) is 18.9. The SMILES string of the molecule is CC1CCC(N(C(=O)c2ccccc2C(N)=O)C2CCC(C)CC2)CC1. The van der Waals surface area contributed by atoms with Crippen LogP contribution >= 0.6 is 0 Å². The van der Waals surface area contributed by atoms with Gasteiger partial charge in [-0.3, -0.25) is 9.59 Å². The lowest BCUT2D eigenvalue weighted by atomic mass is 9.82. The number of carbonyl (C=O) groups is 2. The van der Waals surface area contributed by atoms with E-state index in [1.54, 1.807) is 18.2 Å². The summed E-state index contributed by atoms with van der Waals surface area (Å²) in [7, 11) is 0. The van der Waals surface area contributed by atoms with Gasteiger partial charge in [-0.05, 0) is 75.3 Å². The quantitative estimate of drug-likeness (QED) is 0.870. The molecule has 0 radical (unpaired) electrons. The van der Waals surface area contributed by atoms with E-state index in [4.69, 9.17) is 5.73 Å². The standard InChI is InChI=1S/C22H32N2O2/c1-15-7-11-17(12-8-15)24(18-13-9-16(2)10-14-18)22(26)20-6-4-3-5-19(20)21(23)25/h3-6,15-18H,7-14H2,1-2H3,(H2,23,25). The van der Waals surface area contributed by atoms with E-state index in [9.17, 15) is 9.59 Å². The van der Waals surface area contributed by atoms with E-state index in [1.165, 1.54) is 25.7 Å². The van der Waals surface area contributed by atoms with E-state index in [-0.39, 0.29) is 18.0 Å². The van der Waals surface area contributed by atoms with Crippen molar-refractivity contribution >= 4 is 11.8 Å². The first-order valence-electron chi connectivity index (χ1n) is 10.2. The van der Waals surface area contributed by atoms with E-state index < -0.39 is 5.91 Å². The maximum atomic E-state index is 13.5. The zero-order valence-electron chi connectivity index (χ0n) is 16.1. The molecule has 2 N–H and O–H groups in total. The summed E-state index contributed by atoms with van der Waals surface area (Å²) >= 11 is 0. The Bertz CT molecular complexity index is 619. The molecule has 4 nitrogen and oxygen atoms in total. The highest BCUT2D eigenvalue weighted by atomic mass is 16.2. The highest BCUT2D eigenvalue weighted by molar-refractivity contribution is 6.06. The van der Waals surface area contributed by atoms with Crippen molar-refractivity contribution in [1.29, 1.82) is 0 Å². The molecule has 2 aliphatic carbocycles. The van der Waals surface area contributed by atoms with Crippen LogP contribution in [0.25, 0.3) is 0 Å². The molecule has 0 heterocycles. The van der Waals surface area contributed by atoms with Gasteiger partial charge in [0.2, 0.25) is 5.91 Å². The summed E-state index contributed by atoms with van der Waals surface area (Å²) in [5.41, 5.74) is 6.35. The van der Waals surface area contributed by atoms with Crippen molar-refractivity contribution < 1.29 is 9.59 Å². The van der Waals surface area contributed by atoms with Gasteiger partial charge in [-0.1, -0.05) is 26.0 Å². The Hall–Kier alpha value is -1.84. The van der Waals surface area contributed by atoms with Crippen LogP contribution in [0.4, 0.5) is 0 Å². The van der Waals surface area contributed by atoms with Gasteiger partial charge >= 0.3 is 0 Å². The molecular formula is C22H32N2O2. The predicted molar refractivity (Wildman–Crippen MR) is 104 cm³/mol. The molecule has 1 aromatic carbocycles. The number of hydrogen-bond acceptors (Lipinski definition) is 2. The van der Waals surface area contributed by atoms with E-state index in [1.807, 2.05) is 6.07 Å². The molecule has 142 valence electrons. The van der Waals surface area contributed by atoms with E-state index in [2.05, 4.69) is 18.7 Å². The molecule has 2 fully saturated rings. The first-order chi connectivity index (χ1) is 12.5. The van der Waals surface area contributed by atoms with E-state index in [0.29, 0.717) is 11.1 Å². The van der Waals surface area contributed by atoms with E-state index in [0.717, 1.165) is 37.5 Å². The van der Waals surface area contributed by atoms with Crippen molar-refractivity contribution in [2.75, 3.05) is 0 Å². The fourth-order valence-corrected chi connectivity index (χ4v) is 4.69. The molecule has 0 spiro atoms. The molecule has 1 aromatic rings. The van der Waals surface area contributed by atoms with Crippen LogP contribution in [-0.2, 0) is 0 Å². The maximum absolute atomic E-state index is 13.5. The minimum atomic E-state index is -0.525. The minimum Gasteiger partial charge on any atom is -0.366 e.